The van der Waals surface area contributed by atoms with Gasteiger partial charge in [0, 0.05) is 51.2 Å². The monoisotopic (exact) mass is 555 g/mol. The van der Waals surface area contributed by atoms with Gasteiger partial charge in [-0.05, 0) is 41.7 Å². The number of carbonyl (C=O) groups excluding carboxylic acids is 2. The van der Waals surface area contributed by atoms with Crippen molar-refractivity contribution < 1.29 is 9.59 Å². The number of nitrogens with zero attached hydrogens (tertiary/aromatic N) is 3. The fourth-order valence-corrected chi connectivity index (χ4v) is 6.41. The molecule has 1 saturated heterocycles. The van der Waals surface area contributed by atoms with Crippen LogP contribution in [-0.2, 0) is 22.6 Å². The number of imide groups is 1. The van der Waals surface area contributed by atoms with Crippen LogP contribution in [0.4, 0.5) is 0 Å². The molecule has 1 aromatic rings. The number of fused-ring (bicyclic) bond motifs is 6. The molecule has 0 radical (unpaired) electrons. The van der Waals surface area contributed by atoms with Crippen LogP contribution in [0.5, 0.6) is 0 Å². The molecule has 2 bridgehead atoms. The van der Waals surface area contributed by atoms with Gasteiger partial charge in [-0.2, -0.15) is 0 Å². The highest BCUT2D eigenvalue weighted by atomic mass is 127. The second-order valence-corrected chi connectivity index (χ2v) is 9.65. The molecule has 4 unspecified atom stereocenters. The van der Waals surface area contributed by atoms with Crippen LogP contribution in [0, 0.1) is 23.7 Å². The number of rotatable bonds is 6. The Hall–Kier alpha value is -1.46. The van der Waals surface area contributed by atoms with E-state index in [1.54, 1.807) is 7.05 Å². The average Bonchev–Trinajstić information content (AvgIpc) is 3.52. The minimum Gasteiger partial charge on any atom is -0.355 e. The quantitative estimate of drug-likeness (QED) is 0.184. The number of allylic oxidation sites excluding steroid dienone is 2. The zero-order chi connectivity index (χ0) is 20.7. The summed E-state index contributed by atoms with van der Waals surface area (Å²) in [5.74, 6) is 1.06. The largest absolute Gasteiger partial charge is 0.355 e. The second-order valence-electron chi connectivity index (χ2n) is 8.65. The highest BCUT2D eigenvalue weighted by molar-refractivity contribution is 14.0. The molecule has 4 aliphatic rings. The number of amides is 2. The molecule has 2 N–H and O–H groups in total. The summed E-state index contributed by atoms with van der Waals surface area (Å²) >= 11 is 1.86. The van der Waals surface area contributed by atoms with Crippen molar-refractivity contribution in [2.24, 2.45) is 28.7 Å². The molecule has 0 spiro atoms. The Morgan fingerprint density at radius 1 is 1.13 bits per heavy atom. The fourth-order valence-electron chi connectivity index (χ4n) is 5.52. The standard InChI is InChI=1S/C22H29N5O2S.HI/c1-23-22(24-6-9-26-8-4-17-16(13-26)5-11-30-17)25-7-10-27-20(28)18-14-2-3-15(12-14)19(18)21(27)29;/h2-3,5,11,14-15,18-19H,4,6-10,12-13H2,1H3,(H2,23,24,25);1H. The molecule has 0 aromatic carbocycles. The summed E-state index contributed by atoms with van der Waals surface area (Å²) in [5, 5.41) is 8.78. The summed E-state index contributed by atoms with van der Waals surface area (Å²) in [6.45, 7) is 4.79. The number of carbonyl (C=O) groups is 2. The summed E-state index contributed by atoms with van der Waals surface area (Å²) in [7, 11) is 1.74. The maximum absolute atomic E-state index is 12.7. The van der Waals surface area contributed by atoms with Gasteiger partial charge in [0.15, 0.2) is 5.96 Å². The van der Waals surface area contributed by atoms with Crippen molar-refractivity contribution in [2.75, 3.05) is 39.8 Å². The molecule has 1 saturated carbocycles. The van der Waals surface area contributed by atoms with Crippen LogP contribution in [0.3, 0.4) is 0 Å². The molecule has 7 nitrogen and oxygen atoms in total. The van der Waals surface area contributed by atoms with Gasteiger partial charge in [0.1, 0.15) is 0 Å². The lowest BCUT2D eigenvalue weighted by Crippen LogP contribution is -2.45. The van der Waals surface area contributed by atoms with Crippen molar-refractivity contribution in [2.45, 2.75) is 19.4 Å². The van der Waals surface area contributed by atoms with Gasteiger partial charge in [0.2, 0.25) is 11.8 Å². The van der Waals surface area contributed by atoms with E-state index in [1.165, 1.54) is 15.3 Å². The highest BCUT2D eigenvalue weighted by Gasteiger charge is 2.58. The van der Waals surface area contributed by atoms with Gasteiger partial charge in [-0.15, -0.1) is 35.3 Å². The zero-order valence-electron chi connectivity index (χ0n) is 17.8. The van der Waals surface area contributed by atoms with Crippen LogP contribution in [0.15, 0.2) is 28.6 Å². The average molecular weight is 555 g/mol. The van der Waals surface area contributed by atoms with E-state index in [-0.39, 0.29) is 59.5 Å². The van der Waals surface area contributed by atoms with Crippen LogP contribution in [0.25, 0.3) is 0 Å². The number of aliphatic imine (C=N–C) groups is 1. The lowest BCUT2D eigenvalue weighted by Gasteiger charge is -2.27. The predicted octanol–water partition coefficient (Wildman–Crippen LogP) is 1.70. The van der Waals surface area contributed by atoms with Crippen LogP contribution in [-0.4, -0.2) is 67.3 Å². The summed E-state index contributed by atoms with van der Waals surface area (Å²) < 4.78 is 0. The van der Waals surface area contributed by atoms with E-state index >= 15 is 0 Å². The van der Waals surface area contributed by atoms with Crippen molar-refractivity contribution in [1.82, 2.24) is 20.4 Å². The Morgan fingerprint density at radius 3 is 2.48 bits per heavy atom. The molecule has 5 rings (SSSR count). The Labute approximate surface area is 204 Å². The molecular weight excluding hydrogens is 525 g/mol. The van der Waals surface area contributed by atoms with Crippen LogP contribution < -0.4 is 10.6 Å². The number of hydrogen-bond acceptors (Lipinski definition) is 5. The number of likely N-dealkylation sites (tertiary alicyclic amines) is 1. The summed E-state index contributed by atoms with van der Waals surface area (Å²) in [6.07, 6.45) is 6.37. The van der Waals surface area contributed by atoms with Crippen molar-refractivity contribution in [3.05, 3.63) is 34.0 Å². The topological polar surface area (TPSA) is 77.0 Å². The van der Waals surface area contributed by atoms with Crippen molar-refractivity contribution in [3.8, 4) is 0 Å². The van der Waals surface area contributed by atoms with E-state index in [1.807, 2.05) is 11.3 Å². The predicted molar refractivity (Wildman–Crippen MR) is 133 cm³/mol. The Kier molecular flexibility index (Phi) is 7.02. The molecule has 4 atom stereocenters. The van der Waals surface area contributed by atoms with E-state index in [0.29, 0.717) is 19.0 Å². The first kappa shape index (κ1) is 22.7. The fraction of sp³-hybridized carbons (Fsp3) is 0.591. The summed E-state index contributed by atoms with van der Waals surface area (Å²) in [6, 6.07) is 2.23. The molecule has 2 aliphatic carbocycles. The summed E-state index contributed by atoms with van der Waals surface area (Å²) in [5.41, 5.74) is 1.46. The smallest absolute Gasteiger partial charge is 0.233 e. The number of halogens is 1. The number of guanidine groups is 1. The lowest BCUT2D eigenvalue weighted by atomic mass is 9.85. The third-order valence-electron chi connectivity index (χ3n) is 7.02. The van der Waals surface area contributed by atoms with Gasteiger partial charge in [0.25, 0.3) is 0 Å². The maximum atomic E-state index is 12.7. The van der Waals surface area contributed by atoms with E-state index in [4.69, 9.17) is 0 Å². The van der Waals surface area contributed by atoms with Gasteiger partial charge in [0.05, 0.1) is 11.8 Å². The molecule has 3 heterocycles. The first-order chi connectivity index (χ1) is 14.7. The second kappa shape index (κ2) is 9.58. The van der Waals surface area contributed by atoms with Gasteiger partial charge in [-0.25, -0.2) is 0 Å². The van der Waals surface area contributed by atoms with Crippen LogP contribution in [0.2, 0.25) is 0 Å². The highest BCUT2D eigenvalue weighted by Crippen LogP contribution is 2.52. The van der Waals surface area contributed by atoms with Crippen molar-refractivity contribution >= 4 is 53.1 Å². The zero-order valence-corrected chi connectivity index (χ0v) is 20.9. The minimum atomic E-state index is -0.113. The molecule has 9 heteroatoms. The summed E-state index contributed by atoms with van der Waals surface area (Å²) in [4.78, 5) is 35.2. The molecule has 168 valence electrons. The van der Waals surface area contributed by atoms with Crippen molar-refractivity contribution in [3.63, 3.8) is 0 Å². The van der Waals surface area contributed by atoms with Crippen molar-refractivity contribution in [1.29, 1.82) is 0 Å². The van der Waals surface area contributed by atoms with Gasteiger partial charge in [-0.1, -0.05) is 12.2 Å². The number of nitrogens with one attached hydrogen (secondary N) is 2. The van der Waals surface area contributed by atoms with Gasteiger partial charge >= 0.3 is 0 Å². The van der Waals surface area contributed by atoms with Crippen LogP contribution in [0.1, 0.15) is 16.9 Å². The van der Waals surface area contributed by atoms with Gasteiger partial charge < -0.3 is 10.6 Å². The van der Waals surface area contributed by atoms with Crippen LogP contribution >= 0.6 is 35.3 Å². The third kappa shape index (κ3) is 4.28. The molecular formula is C22H30IN5O2S. The molecule has 2 aliphatic heterocycles. The Morgan fingerprint density at radius 2 is 1.81 bits per heavy atom. The van der Waals surface area contributed by atoms with Gasteiger partial charge in [-0.3, -0.25) is 24.4 Å². The van der Waals surface area contributed by atoms with E-state index < -0.39 is 0 Å². The Bertz CT molecular complexity index is 870. The Balaban J connectivity index is 0.00000231. The molecule has 2 amide bonds. The third-order valence-corrected chi connectivity index (χ3v) is 8.04. The molecule has 2 fully saturated rings. The van der Waals surface area contributed by atoms with E-state index in [2.05, 4.69) is 44.1 Å². The maximum Gasteiger partial charge on any atom is 0.233 e. The lowest BCUT2D eigenvalue weighted by molar-refractivity contribution is -0.140. The van der Waals surface area contributed by atoms with E-state index in [9.17, 15) is 9.59 Å². The van der Waals surface area contributed by atoms with E-state index in [0.717, 1.165) is 39.0 Å². The minimum absolute atomic E-state index is 0. The number of thiophene rings is 1. The normalized spacial score (nSPS) is 29.2. The molecule has 1 aromatic heterocycles. The molecule has 31 heavy (non-hydrogen) atoms. The number of hydrogen-bond donors (Lipinski definition) is 2. The first-order valence-corrected chi connectivity index (χ1v) is 11.8. The first-order valence-electron chi connectivity index (χ1n) is 10.9. The SMILES string of the molecule is CN=C(NCCN1CCc2sccc2C1)NCCN1C(=O)C2C3C=CC(C3)C2C1=O.I.